The van der Waals surface area contributed by atoms with Crippen molar-refractivity contribution in [2.45, 2.75) is 6.42 Å². The molecule has 0 aromatic carbocycles. The molecule has 0 aromatic rings. The van der Waals surface area contributed by atoms with Crippen LogP contribution in [0.15, 0.2) is 24.3 Å². The van der Waals surface area contributed by atoms with Gasteiger partial charge >= 0.3 is 0 Å². The van der Waals surface area contributed by atoms with E-state index in [0.29, 0.717) is 6.79 Å². The highest BCUT2D eigenvalue weighted by Crippen LogP contribution is 2.14. The molecule has 0 spiro atoms. The molecule has 0 bridgehead atoms. The first-order valence-corrected chi connectivity index (χ1v) is 3.81. The second kappa shape index (κ2) is 2.86. The highest BCUT2D eigenvalue weighted by atomic mass is 16.7. The minimum atomic E-state index is 0.371. The van der Waals surface area contributed by atoms with Crippen molar-refractivity contribution in [1.82, 2.24) is 4.90 Å². The summed E-state index contributed by atoms with van der Waals surface area (Å²) in [6.45, 7) is 2.34. The van der Waals surface area contributed by atoms with Gasteiger partial charge in [-0.05, 0) is 6.42 Å². The van der Waals surface area contributed by atoms with Gasteiger partial charge in [-0.15, -0.1) is 0 Å². The van der Waals surface area contributed by atoms with Crippen molar-refractivity contribution in [2.75, 3.05) is 19.9 Å². The van der Waals surface area contributed by atoms with E-state index in [0.717, 1.165) is 25.4 Å². The van der Waals surface area contributed by atoms with Gasteiger partial charge in [0, 0.05) is 13.1 Å². The number of nitrogens with zero attached hydrogens (tertiary/aromatic N) is 1. The molecule has 0 amide bonds. The van der Waals surface area contributed by atoms with Crippen LogP contribution >= 0.6 is 0 Å². The molecule has 2 rings (SSSR count). The normalized spacial score (nSPS) is 22.5. The summed E-state index contributed by atoms with van der Waals surface area (Å²) in [4.78, 5) is 2.16. The molecule has 2 aliphatic heterocycles. The molecule has 0 saturated heterocycles. The van der Waals surface area contributed by atoms with Crippen LogP contribution in [0.25, 0.3) is 0 Å². The van der Waals surface area contributed by atoms with Crippen LogP contribution in [0.2, 0.25) is 0 Å². The summed E-state index contributed by atoms with van der Waals surface area (Å²) >= 11 is 0. The Morgan fingerprint density at radius 2 is 2.36 bits per heavy atom. The van der Waals surface area contributed by atoms with Crippen LogP contribution in [0.5, 0.6) is 0 Å². The third-order valence-electron chi connectivity index (χ3n) is 1.83. The van der Waals surface area contributed by atoms with E-state index in [4.69, 9.17) is 9.47 Å². The van der Waals surface area contributed by atoms with Crippen molar-refractivity contribution in [1.29, 1.82) is 0 Å². The van der Waals surface area contributed by atoms with E-state index in [1.54, 1.807) is 6.26 Å². The summed E-state index contributed by atoms with van der Waals surface area (Å²) in [5, 5.41) is 0. The van der Waals surface area contributed by atoms with Crippen LogP contribution in [-0.2, 0) is 9.47 Å². The van der Waals surface area contributed by atoms with E-state index in [1.807, 2.05) is 0 Å². The first-order chi connectivity index (χ1) is 5.47. The zero-order chi connectivity index (χ0) is 7.52. The summed E-state index contributed by atoms with van der Waals surface area (Å²) in [6.07, 6.45) is 7.11. The van der Waals surface area contributed by atoms with Crippen molar-refractivity contribution in [3.8, 4) is 0 Å². The Balaban J connectivity index is 1.98. The molecule has 0 fully saturated rings. The minimum absolute atomic E-state index is 0.371. The number of hydrogen-bond donors (Lipinski definition) is 0. The lowest BCUT2D eigenvalue weighted by molar-refractivity contribution is 0.0505. The van der Waals surface area contributed by atoms with Gasteiger partial charge in [0.25, 0.3) is 0 Å². The highest BCUT2D eigenvalue weighted by molar-refractivity contribution is 5.00. The smallest absolute Gasteiger partial charge is 0.232 e. The Morgan fingerprint density at radius 3 is 3.00 bits per heavy atom. The van der Waals surface area contributed by atoms with Crippen molar-refractivity contribution in [3.05, 3.63) is 24.3 Å². The molecule has 0 N–H and O–H groups in total. The Bertz CT molecular complexity index is 198. The standard InChI is InChI=1S/C8H11NO2/c1-2-4-9(5-3-1)8-6-10-7-11-8/h1-2,6H,3-5,7H2. The lowest BCUT2D eigenvalue weighted by Gasteiger charge is -2.23. The number of ether oxygens (including phenoxy) is 2. The molecule has 0 saturated carbocycles. The van der Waals surface area contributed by atoms with Crippen LogP contribution in [0.1, 0.15) is 6.42 Å². The Labute approximate surface area is 65.9 Å². The fourth-order valence-corrected chi connectivity index (χ4v) is 1.24. The van der Waals surface area contributed by atoms with Gasteiger partial charge in [0.15, 0.2) is 0 Å². The van der Waals surface area contributed by atoms with E-state index in [-0.39, 0.29) is 0 Å². The minimum Gasteiger partial charge on any atom is -0.459 e. The molecule has 0 radical (unpaired) electrons. The number of rotatable bonds is 1. The number of hydrogen-bond acceptors (Lipinski definition) is 3. The van der Waals surface area contributed by atoms with Gasteiger partial charge in [0.2, 0.25) is 12.7 Å². The first-order valence-electron chi connectivity index (χ1n) is 3.81. The van der Waals surface area contributed by atoms with Gasteiger partial charge in [0.05, 0.1) is 0 Å². The summed E-state index contributed by atoms with van der Waals surface area (Å²) in [6, 6.07) is 0. The highest BCUT2D eigenvalue weighted by Gasteiger charge is 2.15. The average Bonchev–Trinajstić information content (AvgIpc) is 2.58. The molecule has 60 valence electrons. The van der Waals surface area contributed by atoms with Crippen molar-refractivity contribution in [2.24, 2.45) is 0 Å². The lowest BCUT2D eigenvalue weighted by Crippen LogP contribution is -2.26. The molecule has 0 atom stereocenters. The second-order valence-corrected chi connectivity index (χ2v) is 2.59. The van der Waals surface area contributed by atoms with Crippen LogP contribution in [0.3, 0.4) is 0 Å². The molecule has 0 unspecified atom stereocenters. The SMILES string of the molecule is C1=CCN(C2=COCO2)CC1. The Hall–Kier alpha value is -1.12. The zero-order valence-corrected chi connectivity index (χ0v) is 6.32. The molecule has 3 nitrogen and oxygen atoms in total. The molecule has 0 aliphatic carbocycles. The predicted molar refractivity (Wildman–Crippen MR) is 40.5 cm³/mol. The predicted octanol–water partition coefficient (Wildman–Crippen LogP) is 1.05. The van der Waals surface area contributed by atoms with Crippen molar-refractivity contribution in [3.63, 3.8) is 0 Å². The van der Waals surface area contributed by atoms with Gasteiger partial charge in [-0.25, -0.2) is 0 Å². The third kappa shape index (κ3) is 1.31. The van der Waals surface area contributed by atoms with E-state index in [9.17, 15) is 0 Å². The van der Waals surface area contributed by atoms with E-state index in [2.05, 4.69) is 17.1 Å². The maximum absolute atomic E-state index is 5.22. The van der Waals surface area contributed by atoms with Crippen LogP contribution < -0.4 is 0 Å². The monoisotopic (exact) mass is 153 g/mol. The maximum Gasteiger partial charge on any atom is 0.232 e. The molecular weight excluding hydrogens is 142 g/mol. The quantitative estimate of drug-likeness (QED) is 0.525. The molecule has 11 heavy (non-hydrogen) atoms. The van der Waals surface area contributed by atoms with Crippen LogP contribution in [0, 0.1) is 0 Å². The van der Waals surface area contributed by atoms with Crippen LogP contribution in [0.4, 0.5) is 0 Å². The molecule has 3 heteroatoms. The molecule has 0 aromatic heterocycles. The van der Waals surface area contributed by atoms with Gasteiger partial charge in [0.1, 0.15) is 6.26 Å². The van der Waals surface area contributed by atoms with Gasteiger partial charge in [-0.3, -0.25) is 0 Å². The summed E-state index contributed by atoms with van der Waals surface area (Å²) in [5.41, 5.74) is 0. The Kier molecular flexibility index (Phi) is 1.71. The zero-order valence-electron chi connectivity index (χ0n) is 6.32. The fourth-order valence-electron chi connectivity index (χ4n) is 1.24. The molecular formula is C8H11NO2. The first kappa shape index (κ1) is 6.58. The molecule has 2 aliphatic rings. The largest absolute Gasteiger partial charge is 0.459 e. The van der Waals surface area contributed by atoms with Gasteiger partial charge in [-0.1, -0.05) is 12.2 Å². The third-order valence-corrected chi connectivity index (χ3v) is 1.83. The fraction of sp³-hybridized carbons (Fsp3) is 0.500. The summed E-state index contributed by atoms with van der Waals surface area (Å²) in [5.74, 6) is 0.870. The van der Waals surface area contributed by atoms with E-state index < -0.39 is 0 Å². The maximum atomic E-state index is 5.22. The lowest BCUT2D eigenvalue weighted by atomic mass is 10.2. The van der Waals surface area contributed by atoms with E-state index in [1.165, 1.54) is 0 Å². The van der Waals surface area contributed by atoms with Gasteiger partial charge in [-0.2, -0.15) is 0 Å². The summed E-state index contributed by atoms with van der Waals surface area (Å²) in [7, 11) is 0. The average molecular weight is 153 g/mol. The topological polar surface area (TPSA) is 21.7 Å². The van der Waals surface area contributed by atoms with Gasteiger partial charge < -0.3 is 14.4 Å². The van der Waals surface area contributed by atoms with Crippen molar-refractivity contribution < 1.29 is 9.47 Å². The second-order valence-electron chi connectivity index (χ2n) is 2.59. The molecule has 2 heterocycles. The Morgan fingerprint density at radius 1 is 1.36 bits per heavy atom. The summed E-state index contributed by atoms with van der Waals surface area (Å²) < 4.78 is 10.2. The van der Waals surface area contributed by atoms with Crippen LogP contribution in [-0.4, -0.2) is 24.8 Å². The van der Waals surface area contributed by atoms with Crippen molar-refractivity contribution >= 4 is 0 Å². The van der Waals surface area contributed by atoms with E-state index >= 15 is 0 Å².